The molecule has 0 unspecified atom stereocenters. The zero-order valence-electron chi connectivity index (χ0n) is 7.29. The summed E-state index contributed by atoms with van der Waals surface area (Å²) in [5.41, 5.74) is 4.26. The lowest BCUT2D eigenvalue weighted by Crippen LogP contribution is -2.42. The molecule has 1 rings (SSSR count). The van der Waals surface area contributed by atoms with E-state index in [2.05, 4.69) is 4.98 Å². The Morgan fingerprint density at radius 2 is 2.21 bits per heavy atom. The highest BCUT2D eigenvalue weighted by Crippen LogP contribution is 2.30. The molecule has 0 aliphatic rings. The van der Waals surface area contributed by atoms with Crippen molar-refractivity contribution in [3.8, 4) is 0 Å². The fourth-order valence-corrected chi connectivity index (χ4v) is 1.40. The van der Waals surface area contributed by atoms with Gasteiger partial charge >= 0.3 is 5.97 Å². The van der Waals surface area contributed by atoms with E-state index < -0.39 is 11.5 Å². The van der Waals surface area contributed by atoms with Gasteiger partial charge in [0.2, 0.25) is 0 Å². The van der Waals surface area contributed by atoms with E-state index in [4.69, 9.17) is 34.0 Å². The lowest BCUT2D eigenvalue weighted by molar-refractivity contribution is -0.143. The number of hydrogen-bond acceptors (Lipinski definition) is 3. The molecule has 14 heavy (non-hydrogen) atoms. The Kier molecular flexibility index (Phi) is 2.99. The minimum atomic E-state index is -1.57. The highest BCUT2D eigenvalue weighted by Gasteiger charge is 2.33. The van der Waals surface area contributed by atoms with Gasteiger partial charge in [-0.05, 0) is 13.0 Å². The molecule has 0 aliphatic carbocycles. The molecule has 0 radical (unpaired) electrons. The van der Waals surface area contributed by atoms with Crippen LogP contribution in [0.15, 0.2) is 12.3 Å². The summed E-state index contributed by atoms with van der Waals surface area (Å²) >= 11 is 11.4. The molecule has 3 N–H and O–H groups in total. The molecule has 0 fully saturated rings. The number of hydrogen-bond donors (Lipinski definition) is 2. The summed E-state index contributed by atoms with van der Waals surface area (Å²) in [6.45, 7) is 1.34. The quantitative estimate of drug-likeness (QED) is 0.764. The van der Waals surface area contributed by atoms with Crippen LogP contribution in [0, 0.1) is 0 Å². The first kappa shape index (κ1) is 11.2. The van der Waals surface area contributed by atoms with Crippen molar-refractivity contribution in [1.82, 2.24) is 4.98 Å². The largest absolute Gasteiger partial charge is 0.480 e. The Hall–Kier alpha value is -0.840. The monoisotopic (exact) mass is 234 g/mol. The van der Waals surface area contributed by atoms with Gasteiger partial charge in [0.1, 0.15) is 10.7 Å². The number of halogens is 2. The molecule has 0 spiro atoms. The van der Waals surface area contributed by atoms with Gasteiger partial charge in [-0.15, -0.1) is 0 Å². The van der Waals surface area contributed by atoms with Gasteiger partial charge in [0, 0.05) is 11.8 Å². The fraction of sp³-hybridized carbons (Fsp3) is 0.250. The average molecular weight is 235 g/mol. The average Bonchev–Trinajstić information content (AvgIpc) is 2.09. The molecule has 0 bridgehead atoms. The van der Waals surface area contributed by atoms with Crippen molar-refractivity contribution in [1.29, 1.82) is 0 Å². The van der Waals surface area contributed by atoms with E-state index >= 15 is 0 Å². The number of carboxylic acid groups (broad SMARTS) is 1. The van der Waals surface area contributed by atoms with Crippen LogP contribution < -0.4 is 5.73 Å². The maximum atomic E-state index is 10.8. The number of aliphatic carboxylic acids is 1. The SMILES string of the molecule is C[C@](N)(C(=O)O)c1ccnc(Cl)c1Cl. The van der Waals surface area contributed by atoms with Crippen LogP contribution in [0.4, 0.5) is 0 Å². The van der Waals surface area contributed by atoms with Crippen LogP contribution in [0.1, 0.15) is 12.5 Å². The second-order valence-corrected chi connectivity index (χ2v) is 3.71. The van der Waals surface area contributed by atoms with Crippen molar-refractivity contribution >= 4 is 29.2 Å². The van der Waals surface area contributed by atoms with Crippen LogP contribution in [-0.4, -0.2) is 16.1 Å². The Bertz CT molecular complexity index is 380. The van der Waals surface area contributed by atoms with E-state index in [1.54, 1.807) is 0 Å². The van der Waals surface area contributed by atoms with Crippen LogP contribution in [0.2, 0.25) is 10.2 Å². The van der Waals surface area contributed by atoms with Crippen LogP contribution in [0.25, 0.3) is 0 Å². The maximum absolute atomic E-state index is 10.8. The molecule has 6 heteroatoms. The lowest BCUT2D eigenvalue weighted by Gasteiger charge is -2.20. The molecule has 0 amide bonds. The van der Waals surface area contributed by atoms with Gasteiger partial charge in [-0.25, -0.2) is 9.78 Å². The number of carboxylic acids is 1. The first-order chi connectivity index (χ1) is 6.37. The molecule has 0 aromatic carbocycles. The molecule has 0 saturated carbocycles. The Morgan fingerprint density at radius 1 is 1.64 bits per heavy atom. The van der Waals surface area contributed by atoms with Gasteiger partial charge in [-0.1, -0.05) is 23.2 Å². The summed E-state index contributed by atoms with van der Waals surface area (Å²) in [7, 11) is 0. The molecule has 76 valence electrons. The first-order valence-electron chi connectivity index (χ1n) is 3.70. The van der Waals surface area contributed by atoms with Gasteiger partial charge in [-0.2, -0.15) is 0 Å². The summed E-state index contributed by atoms with van der Waals surface area (Å²) in [4.78, 5) is 14.5. The molecule has 1 atom stereocenters. The molecule has 0 saturated heterocycles. The van der Waals surface area contributed by atoms with E-state index in [1.165, 1.54) is 19.2 Å². The van der Waals surface area contributed by atoms with Crippen LogP contribution in [-0.2, 0) is 10.3 Å². The second-order valence-electron chi connectivity index (χ2n) is 2.97. The van der Waals surface area contributed by atoms with Crippen molar-refractivity contribution in [3.63, 3.8) is 0 Å². The van der Waals surface area contributed by atoms with Crippen molar-refractivity contribution in [2.75, 3.05) is 0 Å². The number of carbonyl (C=O) groups is 1. The second kappa shape index (κ2) is 3.73. The minimum Gasteiger partial charge on any atom is -0.480 e. The van der Waals surface area contributed by atoms with Crippen molar-refractivity contribution in [2.45, 2.75) is 12.5 Å². The van der Waals surface area contributed by atoms with Crippen LogP contribution in [0.3, 0.4) is 0 Å². The third-order valence-corrected chi connectivity index (χ3v) is 2.62. The summed E-state index contributed by atoms with van der Waals surface area (Å²) in [5, 5.41) is 8.98. The third-order valence-electron chi connectivity index (χ3n) is 1.85. The van der Waals surface area contributed by atoms with Crippen molar-refractivity contribution < 1.29 is 9.90 Å². The minimum absolute atomic E-state index is 0.0436. The van der Waals surface area contributed by atoms with Gasteiger partial charge < -0.3 is 10.8 Å². The van der Waals surface area contributed by atoms with Gasteiger partial charge in [-0.3, -0.25) is 0 Å². The lowest BCUT2D eigenvalue weighted by atomic mass is 9.94. The van der Waals surface area contributed by atoms with Crippen LogP contribution in [0.5, 0.6) is 0 Å². The van der Waals surface area contributed by atoms with E-state index in [9.17, 15) is 4.79 Å². The van der Waals surface area contributed by atoms with Crippen molar-refractivity contribution in [2.24, 2.45) is 5.73 Å². The number of nitrogens with two attached hydrogens (primary N) is 1. The molecule has 1 aromatic rings. The number of aromatic nitrogens is 1. The normalized spacial score (nSPS) is 14.9. The number of pyridine rings is 1. The van der Waals surface area contributed by atoms with E-state index in [0.717, 1.165) is 0 Å². The Labute approximate surface area is 90.6 Å². The zero-order chi connectivity index (χ0) is 10.9. The standard InChI is InChI=1S/C8H8Cl2N2O2/c1-8(11,7(13)14)4-2-3-12-6(10)5(4)9/h2-3H,11H2,1H3,(H,13,14)/t8-/m1/s1. The van der Waals surface area contributed by atoms with Gasteiger partial charge in [0.25, 0.3) is 0 Å². The first-order valence-corrected chi connectivity index (χ1v) is 4.45. The molecule has 0 aliphatic heterocycles. The topological polar surface area (TPSA) is 76.2 Å². The molecule has 1 aromatic heterocycles. The van der Waals surface area contributed by atoms with E-state index in [-0.39, 0.29) is 15.7 Å². The summed E-state index contributed by atoms with van der Waals surface area (Å²) in [6, 6.07) is 1.43. The predicted molar refractivity (Wildman–Crippen MR) is 53.4 cm³/mol. The molecular weight excluding hydrogens is 227 g/mol. The third kappa shape index (κ3) is 1.82. The highest BCUT2D eigenvalue weighted by atomic mass is 35.5. The Balaban J connectivity index is 3.33. The molecule has 1 heterocycles. The van der Waals surface area contributed by atoms with Crippen molar-refractivity contribution in [3.05, 3.63) is 28.0 Å². The zero-order valence-corrected chi connectivity index (χ0v) is 8.80. The Morgan fingerprint density at radius 3 is 2.71 bits per heavy atom. The number of rotatable bonds is 2. The summed E-state index contributed by atoms with van der Waals surface area (Å²) in [5.74, 6) is -1.18. The van der Waals surface area contributed by atoms with Gasteiger partial charge in [0.15, 0.2) is 0 Å². The smallest absolute Gasteiger partial charge is 0.328 e. The summed E-state index contributed by atoms with van der Waals surface area (Å²) < 4.78 is 0. The maximum Gasteiger partial charge on any atom is 0.328 e. The fourth-order valence-electron chi connectivity index (χ4n) is 0.935. The highest BCUT2D eigenvalue weighted by molar-refractivity contribution is 6.41. The van der Waals surface area contributed by atoms with Gasteiger partial charge in [0.05, 0.1) is 5.02 Å². The van der Waals surface area contributed by atoms with E-state index in [0.29, 0.717) is 0 Å². The van der Waals surface area contributed by atoms with E-state index in [1.807, 2.05) is 0 Å². The summed E-state index contributed by atoms with van der Waals surface area (Å²) in [6.07, 6.45) is 1.36. The van der Waals surface area contributed by atoms with Crippen LogP contribution >= 0.6 is 23.2 Å². The molecular formula is C8H8Cl2N2O2. The number of nitrogens with zero attached hydrogens (tertiary/aromatic N) is 1. The predicted octanol–water partition coefficient (Wildman–Crippen LogP) is 1.65. The molecule has 4 nitrogen and oxygen atoms in total.